The molecule has 0 radical (unpaired) electrons. The van der Waals surface area contributed by atoms with Crippen molar-refractivity contribution in [1.29, 1.82) is 0 Å². The van der Waals surface area contributed by atoms with Gasteiger partial charge in [-0.3, -0.25) is 0 Å². The maximum Gasteiger partial charge on any atom is 0.337 e. The molecular formula is C15H14ClNO3. The van der Waals surface area contributed by atoms with E-state index < -0.39 is 5.97 Å². The van der Waals surface area contributed by atoms with Gasteiger partial charge in [0, 0.05) is 6.20 Å². The first-order valence-corrected chi connectivity index (χ1v) is 6.52. The molecule has 0 bridgehead atoms. The summed E-state index contributed by atoms with van der Waals surface area (Å²) in [5.74, 6) is -0.0336. The van der Waals surface area contributed by atoms with Crippen molar-refractivity contribution in [2.45, 2.75) is 19.8 Å². The third-order valence-corrected chi connectivity index (χ3v) is 3.21. The zero-order chi connectivity index (χ0) is 14.7. The third kappa shape index (κ3) is 3.08. The van der Waals surface area contributed by atoms with Crippen LogP contribution in [-0.2, 0) is 0 Å². The van der Waals surface area contributed by atoms with Gasteiger partial charge in [0.15, 0.2) is 0 Å². The summed E-state index contributed by atoms with van der Waals surface area (Å²) in [6.45, 7) is 4.20. The molecule has 0 saturated heterocycles. The van der Waals surface area contributed by atoms with Crippen molar-refractivity contribution in [3.05, 3.63) is 52.7 Å². The molecule has 0 fully saturated rings. The number of ether oxygens (including phenoxy) is 1. The van der Waals surface area contributed by atoms with Crippen molar-refractivity contribution in [1.82, 2.24) is 4.98 Å². The highest BCUT2D eigenvalue weighted by Gasteiger charge is 2.14. The quantitative estimate of drug-likeness (QED) is 0.910. The van der Waals surface area contributed by atoms with Crippen LogP contribution >= 0.6 is 11.6 Å². The molecule has 0 amide bonds. The predicted octanol–water partition coefficient (Wildman–Crippen LogP) is 4.35. The first kappa shape index (κ1) is 14.3. The highest BCUT2D eigenvalue weighted by atomic mass is 35.5. The maximum absolute atomic E-state index is 11.0. The van der Waals surface area contributed by atoms with Crippen LogP contribution in [-0.4, -0.2) is 16.1 Å². The molecule has 104 valence electrons. The van der Waals surface area contributed by atoms with Crippen molar-refractivity contribution in [2.75, 3.05) is 0 Å². The van der Waals surface area contributed by atoms with Gasteiger partial charge in [-0.15, -0.1) is 0 Å². The Labute approximate surface area is 122 Å². The number of nitrogens with zero attached hydrogens (tertiary/aromatic N) is 1. The van der Waals surface area contributed by atoms with E-state index in [9.17, 15) is 4.79 Å². The second kappa shape index (κ2) is 5.92. The van der Waals surface area contributed by atoms with Crippen LogP contribution in [0.1, 0.15) is 35.7 Å². The first-order valence-electron chi connectivity index (χ1n) is 6.14. The normalized spacial score (nSPS) is 10.6. The fourth-order valence-electron chi connectivity index (χ4n) is 1.69. The molecule has 0 spiro atoms. The average Bonchev–Trinajstić information content (AvgIpc) is 2.41. The predicted molar refractivity (Wildman–Crippen MR) is 76.8 cm³/mol. The lowest BCUT2D eigenvalue weighted by Crippen LogP contribution is -2.00. The van der Waals surface area contributed by atoms with E-state index in [1.165, 1.54) is 17.8 Å². The summed E-state index contributed by atoms with van der Waals surface area (Å²) in [6.07, 6.45) is 1.35. The van der Waals surface area contributed by atoms with Crippen molar-refractivity contribution < 1.29 is 14.6 Å². The van der Waals surface area contributed by atoms with Crippen LogP contribution in [0.2, 0.25) is 5.02 Å². The highest BCUT2D eigenvalue weighted by Crippen LogP contribution is 2.30. The van der Waals surface area contributed by atoms with Gasteiger partial charge in [0.1, 0.15) is 10.8 Å². The van der Waals surface area contributed by atoms with Gasteiger partial charge < -0.3 is 9.84 Å². The van der Waals surface area contributed by atoms with Gasteiger partial charge in [-0.1, -0.05) is 37.6 Å². The van der Waals surface area contributed by atoms with Crippen molar-refractivity contribution >= 4 is 17.6 Å². The van der Waals surface area contributed by atoms with Crippen molar-refractivity contribution in [3.8, 4) is 11.6 Å². The Hall–Kier alpha value is -2.07. The third-order valence-electron chi connectivity index (χ3n) is 2.85. The van der Waals surface area contributed by atoms with E-state index in [1.807, 2.05) is 12.1 Å². The topological polar surface area (TPSA) is 59.4 Å². The zero-order valence-electron chi connectivity index (χ0n) is 11.1. The van der Waals surface area contributed by atoms with E-state index in [0.717, 1.165) is 0 Å². The Morgan fingerprint density at radius 3 is 2.45 bits per heavy atom. The van der Waals surface area contributed by atoms with Gasteiger partial charge in [-0.2, -0.15) is 0 Å². The molecule has 0 aliphatic rings. The smallest absolute Gasteiger partial charge is 0.337 e. The lowest BCUT2D eigenvalue weighted by atomic mass is 10.0. The van der Waals surface area contributed by atoms with Crippen LogP contribution in [0, 0.1) is 0 Å². The molecule has 0 saturated carbocycles. The minimum absolute atomic E-state index is 0.00654. The number of carboxylic acid groups (broad SMARTS) is 1. The van der Waals surface area contributed by atoms with Crippen LogP contribution in [0.25, 0.3) is 0 Å². The van der Waals surface area contributed by atoms with Crippen LogP contribution in [0.3, 0.4) is 0 Å². The Kier molecular flexibility index (Phi) is 4.25. The molecule has 5 heteroatoms. The van der Waals surface area contributed by atoms with E-state index in [1.54, 1.807) is 12.1 Å². The minimum atomic E-state index is -1.11. The van der Waals surface area contributed by atoms with E-state index in [0.29, 0.717) is 11.7 Å². The maximum atomic E-state index is 11.0. The summed E-state index contributed by atoms with van der Waals surface area (Å²) >= 11 is 5.97. The Morgan fingerprint density at radius 1 is 1.25 bits per heavy atom. The number of carbonyl (C=O) groups is 1. The standard InChI is InChI=1S/C15H14ClNO3/c1-9(2)10-3-5-11(6-4-10)20-14-13(16)12(15(18)19)7-8-17-14/h3-9H,1-2H3,(H,18,19). The van der Waals surface area contributed by atoms with E-state index in [4.69, 9.17) is 21.4 Å². The Morgan fingerprint density at radius 2 is 1.90 bits per heavy atom. The lowest BCUT2D eigenvalue weighted by molar-refractivity contribution is 0.0696. The molecule has 2 aromatic rings. The molecule has 1 N–H and O–H groups in total. The summed E-state index contributed by atoms with van der Waals surface area (Å²) < 4.78 is 5.53. The van der Waals surface area contributed by atoms with Crippen LogP contribution in [0.5, 0.6) is 11.6 Å². The van der Waals surface area contributed by atoms with Gasteiger partial charge in [0.2, 0.25) is 5.88 Å². The summed E-state index contributed by atoms with van der Waals surface area (Å²) in [7, 11) is 0. The Balaban J connectivity index is 2.26. The van der Waals surface area contributed by atoms with E-state index in [2.05, 4.69) is 18.8 Å². The summed E-state index contributed by atoms with van der Waals surface area (Å²) in [5.41, 5.74) is 1.16. The van der Waals surface area contributed by atoms with Gasteiger partial charge in [-0.05, 0) is 29.7 Å². The molecule has 1 aromatic heterocycles. The summed E-state index contributed by atoms with van der Waals surface area (Å²) in [5, 5.41) is 8.98. The molecule has 0 unspecified atom stereocenters. The van der Waals surface area contributed by atoms with Crippen LogP contribution in [0.15, 0.2) is 36.5 Å². The van der Waals surface area contributed by atoms with E-state index in [-0.39, 0.29) is 16.5 Å². The number of rotatable bonds is 4. The second-order valence-electron chi connectivity index (χ2n) is 4.61. The highest BCUT2D eigenvalue weighted by molar-refractivity contribution is 6.34. The number of benzene rings is 1. The number of hydrogen-bond acceptors (Lipinski definition) is 3. The van der Waals surface area contributed by atoms with Gasteiger partial charge >= 0.3 is 5.97 Å². The molecule has 0 aliphatic carbocycles. The molecule has 4 nitrogen and oxygen atoms in total. The van der Waals surface area contributed by atoms with Gasteiger partial charge in [-0.25, -0.2) is 9.78 Å². The van der Waals surface area contributed by atoms with Gasteiger partial charge in [0.05, 0.1) is 5.56 Å². The lowest BCUT2D eigenvalue weighted by Gasteiger charge is -2.09. The largest absolute Gasteiger partial charge is 0.478 e. The number of aromatic nitrogens is 1. The zero-order valence-corrected chi connectivity index (χ0v) is 11.9. The fraction of sp³-hybridized carbons (Fsp3) is 0.200. The van der Waals surface area contributed by atoms with Crippen LogP contribution in [0.4, 0.5) is 0 Å². The molecule has 0 aliphatic heterocycles. The second-order valence-corrected chi connectivity index (χ2v) is 4.99. The fourth-order valence-corrected chi connectivity index (χ4v) is 1.92. The molecular weight excluding hydrogens is 278 g/mol. The Bertz CT molecular complexity index is 624. The molecule has 0 atom stereocenters. The first-order chi connectivity index (χ1) is 9.49. The van der Waals surface area contributed by atoms with Crippen molar-refractivity contribution in [3.63, 3.8) is 0 Å². The number of halogens is 1. The number of aromatic carboxylic acids is 1. The molecule has 1 heterocycles. The monoisotopic (exact) mass is 291 g/mol. The van der Waals surface area contributed by atoms with Gasteiger partial charge in [0.25, 0.3) is 0 Å². The van der Waals surface area contributed by atoms with E-state index >= 15 is 0 Å². The number of hydrogen-bond donors (Lipinski definition) is 1. The minimum Gasteiger partial charge on any atom is -0.478 e. The number of pyridine rings is 1. The summed E-state index contributed by atoms with van der Waals surface area (Å²) in [6, 6.07) is 8.85. The summed E-state index contributed by atoms with van der Waals surface area (Å²) in [4.78, 5) is 14.9. The van der Waals surface area contributed by atoms with Crippen molar-refractivity contribution in [2.24, 2.45) is 0 Å². The number of carboxylic acids is 1. The molecule has 20 heavy (non-hydrogen) atoms. The molecule has 2 rings (SSSR count). The SMILES string of the molecule is CC(C)c1ccc(Oc2nccc(C(=O)O)c2Cl)cc1. The molecule has 1 aromatic carbocycles. The van der Waals surface area contributed by atoms with Crippen LogP contribution < -0.4 is 4.74 Å². The average molecular weight is 292 g/mol.